The summed E-state index contributed by atoms with van der Waals surface area (Å²) in [5.41, 5.74) is 5.10. The van der Waals surface area contributed by atoms with E-state index in [1.165, 1.54) is 5.06 Å². The average Bonchev–Trinajstić information content (AvgIpc) is 2.14. The molecule has 1 aliphatic heterocycles. The molecule has 0 aromatic carbocycles. The molecule has 0 unspecified atom stereocenters. The number of amides is 1. The zero-order valence-electron chi connectivity index (χ0n) is 4.46. The minimum atomic E-state index is -0.0208. The van der Waals surface area contributed by atoms with Gasteiger partial charge in [-0.3, -0.25) is 9.63 Å². The summed E-state index contributed by atoms with van der Waals surface area (Å²) in [6, 6.07) is 0. The van der Waals surface area contributed by atoms with Crippen molar-refractivity contribution in [2.45, 2.75) is 6.42 Å². The van der Waals surface area contributed by atoms with Crippen molar-refractivity contribution in [1.82, 2.24) is 5.06 Å². The zero-order valence-corrected chi connectivity index (χ0v) is 4.46. The fourth-order valence-electron chi connectivity index (χ4n) is 0.594. The van der Waals surface area contributed by atoms with Crippen LogP contribution in [0.3, 0.4) is 0 Å². The predicted molar refractivity (Wildman–Crippen MR) is 26.5 cm³/mol. The lowest BCUT2D eigenvalue weighted by Crippen LogP contribution is -2.29. The quantitative estimate of drug-likeness (QED) is 0.481. The first-order valence-electron chi connectivity index (χ1n) is 2.48. The molecule has 46 valence electrons. The number of hydroxylamine groups is 2. The summed E-state index contributed by atoms with van der Waals surface area (Å²) in [7, 11) is 0. The van der Waals surface area contributed by atoms with Crippen molar-refractivity contribution in [2.75, 3.05) is 13.3 Å². The van der Waals surface area contributed by atoms with E-state index in [-0.39, 0.29) is 12.6 Å². The molecule has 2 N–H and O–H groups in total. The van der Waals surface area contributed by atoms with Gasteiger partial charge in [0, 0.05) is 0 Å². The number of hydrogen-bond donors (Lipinski definition) is 1. The van der Waals surface area contributed by atoms with E-state index in [0.717, 1.165) is 0 Å². The van der Waals surface area contributed by atoms with E-state index in [1.807, 2.05) is 0 Å². The van der Waals surface area contributed by atoms with Crippen LogP contribution in [0.4, 0.5) is 0 Å². The highest BCUT2D eigenvalue weighted by Crippen LogP contribution is 2.02. The summed E-state index contributed by atoms with van der Waals surface area (Å²) in [5, 5.41) is 1.17. The summed E-state index contributed by atoms with van der Waals surface area (Å²) in [5.74, 6) is -0.0208. The van der Waals surface area contributed by atoms with Crippen molar-refractivity contribution in [3.8, 4) is 0 Å². The maximum Gasteiger partial charge on any atom is 0.249 e. The normalized spacial score (nSPS) is 20.1. The highest BCUT2D eigenvalue weighted by molar-refractivity contribution is 5.76. The van der Waals surface area contributed by atoms with Gasteiger partial charge in [-0.2, -0.15) is 0 Å². The fourth-order valence-corrected chi connectivity index (χ4v) is 0.594. The van der Waals surface area contributed by atoms with Gasteiger partial charge < -0.3 is 5.73 Å². The highest BCUT2D eigenvalue weighted by Gasteiger charge is 2.18. The van der Waals surface area contributed by atoms with Gasteiger partial charge in [-0.25, -0.2) is 5.06 Å². The molecule has 4 nitrogen and oxygen atoms in total. The third-order valence-electron chi connectivity index (χ3n) is 1.01. The van der Waals surface area contributed by atoms with Crippen LogP contribution in [-0.2, 0) is 9.63 Å². The minimum absolute atomic E-state index is 0.0208. The Bertz CT molecular complexity index is 104. The van der Waals surface area contributed by atoms with E-state index in [9.17, 15) is 4.79 Å². The summed E-state index contributed by atoms with van der Waals surface area (Å²) in [6.07, 6.45) is 0.469. The lowest BCUT2D eigenvalue weighted by molar-refractivity contribution is -0.160. The van der Waals surface area contributed by atoms with E-state index in [1.54, 1.807) is 0 Å². The number of nitrogens with two attached hydrogens (primary N) is 1. The Morgan fingerprint density at radius 2 is 2.62 bits per heavy atom. The van der Waals surface area contributed by atoms with E-state index in [4.69, 9.17) is 10.6 Å². The second kappa shape index (κ2) is 2.11. The van der Waals surface area contributed by atoms with Crippen LogP contribution < -0.4 is 5.73 Å². The molecule has 1 saturated heterocycles. The molecule has 0 aromatic heterocycles. The molecule has 0 radical (unpaired) electrons. The van der Waals surface area contributed by atoms with E-state index >= 15 is 0 Å². The van der Waals surface area contributed by atoms with Crippen LogP contribution in [0.15, 0.2) is 0 Å². The van der Waals surface area contributed by atoms with Gasteiger partial charge in [-0.1, -0.05) is 0 Å². The largest absolute Gasteiger partial charge is 0.312 e. The molecule has 0 aliphatic carbocycles. The Morgan fingerprint density at radius 3 is 2.88 bits per heavy atom. The lowest BCUT2D eigenvalue weighted by atomic mass is 10.4. The van der Waals surface area contributed by atoms with Gasteiger partial charge >= 0.3 is 0 Å². The molecule has 1 amide bonds. The first-order chi connectivity index (χ1) is 3.84. The molecular weight excluding hydrogens is 108 g/mol. The minimum Gasteiger partial charge on any atom is -0.312 e. The van der Waals surface area contributed by atoms with Gasteiger partial charge in [-0.15, -0.1) is 0 Å². The van der Waals surface area contributed by atoms with Crippen LogP contribution in [0, 0.1) is 0 Å². The van der Waals surface area contributed by atoms with Crippen LogP contribution in [0.25, 0.3) is 0 Å². The molecule has 1 heterocycles. The van der Waals surface area contributed by atoms with Crippen LogP contribution in [-0.4, -0.2) is 24.2 Å². The van der Waals surface area contributed by atoms with Crippen LogP contribution in [0.2, 0.25) is 0 Å². The molecular formula is C4H8N2O2. The number of carbonyl (C=O) groups is 1. The summed E-state index contributed by atoms with van der Waals surface area (Å²) < 4.78 is 0. The molecule has 1 fully saturated rings. The molecule has 0 atom stereocenters. The first kappa shape index (κ1) is 5.53. The average molecular weight is 116 g/mol. The Morgan fingerprint density at radius 1 is 1.88 bits per heavy atom. The molecule has 1 rings (SSSR count). The zero-order chi connectivity index (χ0) is 5.98. The molecule has 1 aliphatic rings. The highest BCUT2D eigenvalue weighted by atomic mass is 16.7. The van der Waals surface area contributed by atoms with E-state index in [2.05, 4.69) is 0 Å². The Kier molecular flexibility index (Phi) is 1.45. The van der Waals surface area contributed by atoms with Crippen molar-refractivity contribution >= 4 is 5.91 Å². The summed E-state index contributed by atoms with van der Waals surface area (Å²) in [6.45, 7) is 0.648. The van der Waals surface area contributed by atoms with E-state index < -0.39 is 0 Å². The van der Waals surface area contributed by atoms with Crippen LogP contribution >= 0.6 is 0 Å². The van der Waals surface area contributed by atoms with Gasteiger partial charge in [-0.05, 0) is 0 Å². The first-order valence-corrected chi connectivity index (χ1v) is 2.48. The van der Waals surface area contributed by atoms with Gasteiger partial charge in [0.05, 0.1) is 19.7 Å². The maximum absolute atomic E-state index is 10.5. The number of nitrogens with zero attached hydrogens (tertiary/aromatic N) is 1. The maximum atomic E-state index is 10.5. The van der Waals surface area contributed by atoms with Crippen molar-refractivity contribution < 1.29 is 9.63 Å². The Labute approximate surface area is 47.2 Å². The van der Waals surface area contributed by atoms with Crippen molar-refractivity contribution in [1.29, 1.82) is 0 Å². The molecule has 8 heavy (non-hydrogen) atoms. The predicted octanol–water partition coefficient (Wildman–Crippen LogP) is -0.933. The number of carbonyl (C=O) groups excluding carboxylic acids is 1. The topological polar surface area (TPSA) is 55.6 Å². The molecule has 0 bridgehead atoms. The van der Waals surface area contributed by atoms with E-state index in [0.29, 0.717) is 13.0 Å². The van der Waals surface area contributed by atoms with Gasteiger partial charge in [0.25, 0.3) is 0 Å². The Hall–Kier alpha value is -0.610. The third kappa shape index (κ3) is 0.801. The number of rotatable bonds is 1. The second-order valence-electron chi connectivity index (χ2n) is 1.54. The Balaban J connectivity index is 2.42. The molecule has 0 spiro atoms. The summed E-state index contributed by atoms with van der Waals surface area (Å²) in [4.78, 5) is 15.3. The summed E-state index contributed by atoms with van der Waals surface area (Å²) >= 11 is 0. The van der Waals surface area contributed by atoms with Gasteiger partial charge in [0.15, 0.2) is 0 Å². The van der Waals surface area contributed by atoms with Crippen molar-refractivity contribution in [3.05, 3.63) is 0 Å². The van der Waals surface area contributed by atoms with Gasteiger partial charge in [0.2, 0.25) is 5.91 Å². The van der Waals surface area contributed by atoms with Gasteiger partial charge in [0.1, 0.15) is 0 Å². The number of hydrogen-bond acceptors (Lipinski definition) is 3. The van der Waals surface area contributed by atoms with Crippen molar-refractivity contribution in [2.24, 2.45) is 5.73 Å². The standard InChI is InChI=1S/C4H8N2O2/c5-3-6-4(7)1-2-8-6/h1-3,5H2. The lowest BCUT2D eigenvalue weighted by Gasteiger charge is -2.08. The fraction of sp³-hybridized carbons (Fsp3) is 0.750. The molecule has 0 aromatic rings. The SMILES string of the molecule is NCN1OCCC1=O. The monoisotopic (exact) mass is 116 g/mol. The third-order valence-corrected chi connectivity index (χ3v) is 1.01. The van der Waals surface area contributed by atoms with Crippen LogP contribution in [0.5, 0.6) is 0 Å². The second-order valence-corrected chi connectivity index (χ2v) is 1.54. The van der Waals surface area contributed by atoms with Crippen LogP contribution in [0.1, 0.15) is 6.42 Å². The molecule has 4 heteroatoms. The molecule has 0 saturated carbocycles. The van der Waals surface area contributed by atoms with Crippen molar-refractivity contribution in [3.63, 3.8) is 0 Å². The smallest absolute Gasteiger partial charge is 0.249 e.